The Morgan fingerprint density at radius 1 is 1.00 bits per heavy atom. The van der Waals surface area contributed by atoms with Gasteiger partial charge in [0, 0.05) is 47.7 Å². The van der Waals surface area contributed by atoms with E-state index in [-0.39, 0.29) is 30.6 Å². The van der Waals surface area contributed by atoms with Gasteiger partial charge in [-0.2, -0.15) is 13.2 Å². The van der Waals surface area contributed by atoms with E-state index in [1.807, 2.05) is 0 Å². The maximum Gasteiger partial charge on any atom is 0.433 e. The SMILES string of the molecule is O=C(NCCNc1cc(C(F)(F)F)nc(-c2ccncc2)n1)c1ccc(Cl)cc1. The molecule has 0 aliphatic heterocycles. The van der Waals surface area contributed by atoms with Gasteiger partial charge in [-0.05, 0) is 36.4 Å². The second-order valence-electron chi connectivity index (χ2n) is 5.89. The van der Waals surface area contributed by atoms with E-state index in [2.05, 4.69) is 25.6 Å². The predicted molar refractivity (Wildman–Crippen MR) is 103 cm³/mol. The molecule has 0 aliphatic carbocycles. The number of carbonyl (C=O) groups is 1. The van der Waals surface area contributed by atoms with Crippen molar-refractivity contribution >= 4 is 23.3 Å². The Labute approximate surface area is 169 Å². The zero-order valence-corrected chi connectivity index (χ0v) is 15.6. The fraction of sp³-hybridized carbons (Fsp3) is 0.158. The van der Waals surface area contributed by atoms with Crippen molar-refractivity contribution in [1.82, 2.24) is 20.3 Å². The summed E-state index contributed by atoms with van der Waals surface area (Å²) in [5.74, 6) is -0.394. The number of anilines is 1. The Balaban J connectivity index is 1.67. The summed E-state index contributed by atoms with van der Waals surface area (Å²) < 4.78 is 39.5. The minimum atomic E-state index is -4.62. The maximum absolute atomic E-state index is 13.2. The number of amides is 1. The number of pyridine rings is 1. The first-order valence-electron chi connectivity index (χ1n) is 8.47. The Kier molecular flexibility index (Phi) is 6.28. The van der Waals surface area contributed by atoms with Crippen LogP contribution in [0.1, 0.15) is 16.1 Å². The number of benzene rings is 1. The van der Waals surface area contributed by atoms with Crippen molar-refractivity contribution in [3.8, 4) is 11.4 Å². The molecule has 0 spiro atoms. The smallest absolute Gasteiger partial charge is 0.368 e. The van der Waals surface area contributed by atoms with E-state index >= 15 is 0 Å². The molecule has 0 radical (unpaired) electrons. The molecule has 6 nitrogen and oxygen atoms in total. The largest absolute Gasteiger partial charge is 0.433 e. The van der Waals surface area contributed by atoms with Crippen molar-refractivity contribution in [1.29, 1.82) is 0 Å². The molecule has 2 N–H and O–H groups in total. The molecular formula is C19H15ClF3N5O. The first-order valence-corrected chi connectivity index (χ1v) is 8.85. The molecule has 2 aromatic heterocycles. The molecule has 0 saturated heterocycles. The van der Waals surface area contributed by atoms with Gasteiger partial charge >= 0.3 is 6.18 Å². The van der Waals surface area contributed by atoms with Crippen LogP contribution in [-0.4, -0.2) is 33.9 Å². The number of halogens is 4. The van der Waals surface area contributed by atoms with Gasteiger partial charge in [0.25, 0.3) is 5.91 Å². The molecule has 2 heterocycles. The third-order valence-corrected chi connectivity index (χ3v) is 4.03. The molecule has 0 unspecified atom stereocenters. The standard InChI is InChI=1S/C19H15ClF3N5O/c20-14-3-1-13(2-4-14)18(29)26-10-9-25-16-11-15(19(21,22)23)27-17(28-16)12-5-7-24-8-6-12/h1-8,11H,9-10H2,(H,26,29)(H,25,27,28). The van der Waals surface area contributed by atoms with Gasteiger partial charge in [0.15, 0.2) is 11.5 Å². The van der Waals surface area contributed by atoms with Crippen molar-refractivity contribution in [3.63, 3.8) is 0 Å². The van der Waals surface area contributed by atoms with Crippen molar-refractivity contribution in [2.75, 3.05) is 18.4 Å². The number of hydrogen-bond acceptors (Lipinski definition) is 5. The zero-order chi connectivity index (χ0) is 20.9. The molecule has 150 valence electrons. The Morgan fingerprint density at radius 2 is 1.69 bits per heavy atom. The highest BCUT2D eigenvalue weighted by molar-refractivity contribution is 6.30. The van der Waals surface area contributed by atoms with E-state index in [0.29, 0.717) is 16.1 Å². The number of aromatic nitrogens is 3. The zero-order valence-electron chi connectivity index (χ0n) is 14.9. The first-order chi connectivity index (χ1) is 13.8. The molecule has 1 aromatic carbocycles. The van der Waals surface area contributed by atoms with Crippen LogP contribution < -0.4 is 10.6 Å². The number of hydrogen-bond donors (Lipinski definition) is 2. The molecule has 10 heteroatoms. The second-order valence-corrected chi connectivity index (χ2v) is 6.32. The summed E-state index contributed by atoms with van der Waals surface area (Å²) >= 11 is 5.78. The molecule has 0 atom stereocenters. The number of rotatable bonds is 6. The lowest BCUT2D eigenvalue weighted by Crippen LogP contribution is -2.29. The molecule has 3 aromatic rings. The molecular weight excluding hydrogens is 407 g/mol. The Morgan fingerprint density at radius 3 is 2.34 bits per heavy atom. The Bertz CT molecular complexity index is 981. The van der Waals surface area contributed by atoms with Crippen LogP contribution in [0.15, 0.2) is 54.9 Å². The second kappa shape index (κ2) is 8.87. The Hall–Kier alpha value is -3.20. The number of carbonyl (C=O) groups excluding carboxylic acids is 1. The van der Waals surface area contributed by atoms with Crippen molar-refractivity contribution in [3.05, 3.63) is 71.1 Å². The average molecular weight is 422 g/mol. The van der Waals surface area contributed by atoms with Gasteiger partial charge in [-0.15, -0.1) is 0 Å². The third kappa shape index (κ3) is 5.64. The number of alkyl halides is 3. The van der Waals surface area contributed by atoms with Gasteiger partial charge in [-0.1, -0.05) is 11.6 Å². The molecule has 0 aliphatic rings. The summed E-state index contributed by atoms with van der Waals surface area (Å²) in [4.78, 5) is 23.6. The highest BCUT2D eigenvalue weighted by Gasteiger charge is 2.33. The van der Waals surface area contributed by atoms with Crippen LogP contribution in [0, 0.1) is 0 Å². The summed E-state index contributed by atoms with van der Waals surface area (Å²) in [6.45, 7) is 0.348. The van der Waals surface area contributed by atoms with Crippen LogP contribution in [0.4, 0.5) is 19.0 Å². The van der Waals surface area contributed by atoms with E-state index < -0.39 is 11.9 Å². The maximum atomic E-state index is 13.2. The van der Waals surface area contributed by atoms with E-state index in [1.165, 1.54) is 24.5 Å². The van der Waals surface area contributed by atoms with Crippen LogP contribution in [0.3, 0.4) is 0 Å². The van der Waals surface area contributed by atoms with Crippen molar-refractivity contribution in [2.24, 2.45) is 0 Å². The van der Waals surface area contributed by atoms with Gasteiger partial charge in [0.05, 0.1) is 0 Å². The van der Waals surface area contributed by atoms with Gasteiger partial charge < -0.3 is 10.6 Å². The highest BCUT2D eigenvalue weighted by atomic mass is 35.5. The highest BCUT2D eigenvalue weighted by Crippen LogP contribution is 2.30. The van der Waals surface area contributed by atoms with Crippen LogP contribution in [-0.2, 0) is 6.18 Å². The quantitative estimate of drug-likeness (QED) is 0.587. The molecule has 0 bridgehead atoms. The fourth-order valence-corrected chi connectivity index (χ4v) is 2.51. The minimum absolute atomic E-state index is 0.000112. The molecule has 3 rings (SSSR count). The number of nitrogens with one attached hydrogen (secondary N) is 2. The lowest BCUT2D eigenvalue weighted by atomic mass is 10.2. The van der Waals surface area contributed by atoms with Crippen molar-refractivity contribution < 1.29 is 18.0 Å². The van der Waals surface area contributed by atoms with Gasteiger partial charge in [-0.25, -0.2) is 9.97 Å². The van der Waals surface area contributed by atoms with Crippen LogP contribution in [0.5, 0.6) is 0 Å². The fourth-order valence-electron chi connectivity index (χ4n) is 2.38. The summed E-state index contributed by atoms with van der Waals surface area (Å²) in [5.41, 5.74) is -0.229. The lowest BCUT2D eigenvalue weighted by molar-refractivity contribution is -0.141. The molecule has 1 amide bonds. The van der Waals surface area contributed by atoms with Gasteiger partial charge in [0.2, 0.25) is 0 Å². The van der Waals surface area contributed by atoms with Crippen LogP contribution in [0.25, 0.3) is 11.4 Å². The summed E-state index contributed by atoms with van der Waals surface area (Å²) in [6.07, 6.45) is -1.74. The van der Waals surface area contributed by atoms with E-state index in [9.17, 15) is 18.0 Å². The molecule has 0 fully saturated rings. The van der Waals surface area contributed by atoms with Crippen LogP contribution >= 0.6 is 11.6 Å². The van der Waals surface area contributed by atoms with E-state index in [1.54, 1.807) is 24.3 Å². The van der Waals surface area contributed by atoms with Gasteiger partial charge in [-0.3, -0.25) is 9.78 Å². The third-order valence-electron chi connectivity index (χ3n) is 3.78. The summed E-state index contributed by atoms with van der Waals surface area (Å²) in [7, 11) is 0. The number of nitrogens with zero attached hydrogens (tertiary/aromatic N) is 3. The monoisotopic (exact) mass is 421 g/mol. The van der Waals surface area contributed by atoms with E-state index in [4.69, 9.17) is 11.6 Å². The first kappa shape index (κ1) is 20.5. The average Bonchev–Trinajstić information content (AvgIpc) is 2.71. The minimum Gasteiger partial charge on any atom is -0.368 e. The van der Waals surface area contributed by atoms with E-state index in [0.717, 1.165) is 6.07 Å². The van der Waals surface area contributed by atoms with Crippen molar-refractivity contribution in [2.45, 2.75) is 6.18 Å². The molecule has 29 heavy (non-hydrogen) atoms. The van der Waals surface area contributed by atoms with Gasteiger partial charge in [0.1, 0.15) is 5.82 Å². The topological polar surface area (TPSA) is 79.8 Å². The summed E-state index contributed by atoms with van der Waals surface area (Å²) in [6, 6.07) is 10.2. The predicted octanol–water partition coefficient (Wildman–Crippen LogP) is 4.05. The van der Waals surface area contributed by atoms with Crippen LogP contribution in [0.2, 0.25) is 5.02 Å². The lowest BCUT2D eigenvalue weighted by Gasteiger charge is -2.12. The summed E-state index contributed by atoms with van der Waals surface area (Å²) in [5, 5.41) is 5.95. The molecule has 0 saturated carbocycles. The normalized spacial score (nSPS) is 11.2.